The Morgan fingerprint density at radius 1 is 1.29 bits per heavy atom. The minimum atomic E-state index is -2.87. The van der Waals surface area contributed by atoms with Gasteiger partial charge < -0.3 is 10.1 Å². The van der Waals surface area contributed by atoms with Crippen LogP contribution in [0.15, 0.2) is 36.4 Å². The zero-order valence-electron chi connectivity index (χ0n) is 17.7. The van der Waals surface area contributed by atoms with Gasteiger partial charge >= 0.3 is 0 Å². The number of carbonyl (C=O) groups is 1. The van der Waals surface area contributed by atoms with E-state index in [9.17, 15) is 23.7 Å². The Bertz CT molecular complexity index is 1280. The number of hydrogen-bond acceptors (Lipinski definition) is 5. The normalized spacial score (nSPS) is 13.2. The van der Waals surface area contributed by atoms with Crippen LogP contribution in [0.25, 0.3) is 0 Å². The smallest absolute Gasteiger partial charge is 0.283 e. The summed E-state index contributed by atoms with van der Waals surface area (Å²) in [5, 5.41) is 18.1. The molecule has 2 aromatic carbocycles. The van der Waals surface area contributed by atoms with Crippen molar-refractivity contribution in [3.63, 3.8) is 0 Å². The summed E-state index contributed by atoms with van der Waals surface area (Å²) in [6, 6.07) is 8.72. The van der Waals surface area contributed by atoms with Gasteiger partial charge in [0.05, 0.1) is 27.4 Å². The van der Waals surface area contributed by atoms with Gasteiger partial charge in [0.15, 0.2) is 0 Å². The van der Waals surface area contributed by atoms with Crippen LogP contribution in [-0.2, 0) is 11.3 Å². The molecular formula is C22H18Cl2F2N4O4. The van der Waals surface area contributed by atoms with Crippen molar-refractivity contribution in [3.05, 3.63) is 73.5 Å². The van der Waals surface area contributed by atoms with Crippen molar-refractivity contribution in [2.45, 2.75) is 38.7 Å². The van der Waals surface area contributed by atoms with E-state index in [2.05, 4.69) is 10.4 Å². The molecule has 1 heterocycles. The molecule has 8 nitrogen and oxygen atoms in total. The van der Waals surface area contributed by atoms with E-state index >= 15 is 0 Å². The molecule has 0 unspecified atom stereocenters. The van der Waals surface area contributed by atoms with Gasteiger partial charge in [-0.15, -0.1) is 0 Å². The van der Waals surface area contributed by atoms with Crippen LogP contribution in [0, 0.1) is 17.0 Å². The van der Waals surface area contributed by atoms with Crippen LogP contribution >= 0.6 is 23.2 Å². The maximum absolute atomic E-state index is 13.2. The molecule has 1 aromatic heterocycles. The van der Waals surface area contributed by atoms with Crippen LogP contribution in [0.4, 0.5) is 20.2 Å². The molecule has 4 rings (SSSR count). The van der Waals surface area contributed by atoms with Crippen LogP contribution in [0.3, 0.4) is 0 Å². The average Bonchev–Trinajstić information content (AvgIpc) is 3.53. The predicted molar refractivity (Wildman–Crippen MR) is 122 cm³/mol. The SMILES string of the molecule is Cc1cc(Cl)ccc1Oc1cc(NC(=O)Cn2nc(C(F)F)c(Cl)c2C2CC2)cc([N+](=O)[O-])c1. The zero-order valence-corrected chi connectivity index (χ0v) is 19.2. The second kappa shape index (κ2) is 9.55. The number of aryl methyl sites for hydroxylation is 1. The lowest BCUT2D eigenvalue weighted by Crippen LogP contribution is -2.21. The summed E-state index contributed by atoms with van der Waals surface area (Å²) in [5.74, 6) is -0.0885. The van der Waals surface area contributed by atoms with Gasteiger partial charge in [0.25, 0.3) is 12.1 Å². The quantitative estimate of drug-likeness (QED) is 0.270. The Morgan fingerprint density at radius 3 is 2.65 bits per heavy atom. The number of alkyl halides is 2. The summed E-state index contributed by atoms with van der Waals surface area (Å²) in [6.07, 6.45) is -1.33. The minimum Gasteiger partial charge on any atom is -0.457 e. The summed E-state index contributed by atoms with van der Waals surface area (Å²) >= 11 is 12.0. The Hall–Kier alpha value is -3.24. The highest BCUT2D eigenvalue weighted by molar-refractivity contribution is 6.32. The maximum atomic E-state index is 13.2. The third-order valence-electron chi connectivity index (χ3n) is 5.17. The second-order valence-corrected chi connectivity index (χ2v) is 8.66. The van der Waals surface area contributed by atoms with Crippen LogP contribution < -0.4 is 10.1 Å². The number of ether oxygens (including phenoxy) is 1. The molecule has 0 atom stereocenters. The van der Waals surface area contributed by atoms with Gasteiger partial charge in [-0.2, -0.15) is 5.10 Å². The van der Waals surface area contributed by atoms with Crippen molar-refractivity contribution in [2.75, 3.05) is 5.32 Å². The first-order valence-electron chi connectivity index (χ1n) is 10.2. The lowest BCUT2D eigenvalue weighted by molar-refractivity contribution is -0.384. The topological polar surface area (TPSA) is 99.3 Å². The molecule has 0 saturated heterocycles. The molecule has 178 valence electrons. The number of rotatable bonds is 8. The predicted octanol–water partition coefficient (Wildman–Crippen LogP) is 6.65. The van der Waals surface area contributed by atoms with Gasteiger partial charge in [-0.1, -0.05) is 23.2 Å². The van der Waals surface area contributed by atoms with Crippen molar-refractivity contribution in [2.24, 2.45) is 0 Å². The highest BCUT2D eigenvalue weighted by atomic mass is 35.5. The standard InChI is InChI=1S/C22H18Cl2F2N4O4/c1-11-6-13(23)4-5-17(11)34-16-8-14(7-15(9-16)30(32)33)27-18(31)10-29-21(12-2-3-12)19(24)20(28-29)22(25)26/h4-9,12,22H,2-3,10H2,1H3,(H,27,31). The first-order chi connectivity index (χ1) is 16.1. The van der Waals surface area contributed by atoms with E-state index in [1.54, 1.807) is 25.1 Å². The molecule has 1 saturated carbocycles. The molecule has 34 heavy (non-hydrogen) atoms. The third-order valence-corrected chi connectivity index (χ3v) is 5.79. The first-order valence-corrected chi connectivity index (χ1v) is 11.0. The van der Waals surface area contributed by atoms with Crippen molar-refractivity contribution in [3.8, 4) is 11.5 Å². The number of nitrogens with zero attached hydrogens (tertiary/aromatic N) is 3. The molecule has 1 aliphatic rings. The fraction of sp³-hybridized carbons (Fsp3) is 0.273. The lowest BCUT2D eigenvalue weighted by atomic mass is 10.2. The number of non-ortho nitro benzene ring substituents is 1. The molecule has 12 heteroatoms. The van der Waals surface area contributed by atoms with Gasteiger partial charge in [0.1, 0.15) is 23.7 Å². The number of carbonyl (C=O) groups excluding carboxylic acids is 1. The number of nitro groups is 1. The highest BCUT2D eigenvalue weighted by Gasteiger charge is 2.34. The van der Waals surface area contributed by atoms with E-state index in [4.69, 9.17) is 27.9 Å². The fourth-order valence-electron chi connectivity index (χ4n) is 3.49. The van der Waals surface area contributed by atoms with Crippen molar-refractivity contribution >= 4 is 40.5 Å². The number of aromatic nitrogens is 2. The number of nitro benzene ring substituents is 1. The Kier molecular flexibility index (Phi) is 6.72. The van der Waals surface area contributed by atoms with E-state index in [1.165, 1.54) is 22.9 Å². The molecule has 1 aliphatic carbocycles. The summed E-state index contributed by atoms with van der Waals surface area (Å²) in [7, 11) is 0. The van der Waals surface area contributed by atoms with Gasteiger partial charge in [-0.25, -0.2) is 8.78 Å². The van der Waals surface area contributed by atoms with Crippen molar-refractivity contribution in [1.82, 2.24) is 9.78 Å². The third kappa shape index (κ3) is 5.28. The molecule has 1 amide bonds. The van der Waals surface area contributed by atoms with Crippen LogP contribution in [0.5, 0.6) is 11.5 Å². The molecule has 1 fully saturated rings. The number of amides is 1. The Labute approximate surface area is 202 Å². The summed E-state index contributed by atoms with van der Waals surface area (Å²) in [6.45, 7) is 1.38. The molecule has 1 N–H and O–H groups in total. The summed E-state index contributed by atoms with van der Waals surface area (Å²) < 4.78 is 33.4. The Balaban J connectivity index is 1.57. The fourth-order valence-corrected chi connectivity index (χ4v) is 4.09. The first kappa shape index (κ1) is 23.9. The van der Waals surface area contributed by atoms with Crippen LogP contribution in [0.2, 0.25) is 10.0 Å². The molecule has 0 radical (unpaired) electrons. The van der Waals surface area contributed by atoms with E-state index < -0.39 is 22.9 Å². The van der Waals surface area contributed by atoms with Crippen LogP contribution in [0.1, 0.15) is 42.1 Å². The zero-order chi connectivity index (χ0) is 24.6. The van der Waals surface area contributed by atoms with Crippen molar-refractivity contribution in [1.29, 1.82) is 0 Å². The minimum absolute atomic E-state index is 0.0271. The van der Waals surface area contributed by atoms with Gasteiger partial charge in [0.2, 0.25) is 5.91 Å². The molecule has 0 aliphatic heterocycles. The van der Waals surface area contributed by atoms with E-state index in [1.807, 2.05) is 0 Å². The number of anilines is 1. The number of benzene rings is 2. The lowest BCUT2D eigenvalue weighted by Gasteiger charge is -2.12. The molecule has 0 bridgehead atoms. The van der Waals surface area contributed by atoms with E-state index in [-0.39, 0.29) is 34.6 Å². The van der Waals surface area contributed by atoms with E-state index in [0.29, 0.717) is 22.0 Å². The summed E-state index contributed by atoms with van der Waals surface area (Å²) in [4.78, 5) is 23.5. The largest absolute Gasteiger partial charge is 0.457 e. The molecule has 0 spiro atoms. The van der Waals surface area contributed by atoms with Crippen LogP contribution in [-0.4, -0.2) is 20.6 Å². The van der Waals surface area contributed by atoms with Crippen molar-refractivity contribution < 1.29 is 23.2 Å². The summed E-state index contributed by atoms with van der Waals surface area (Å²) in [5.41, 5.74) is 0.332. The second-order valence-electron chi connectivity index (χ2n) is 7.85. The number of hydrogen-bond donors (Lipinski definition) is 1. The van der Waals surface area contributed by atoms with Gasteiger partial charge in [0, 0.05) is 23.1 Å². The average molecular weight is 511 g/mol. The molecule has 3 aromatic rings. The van der Waals surface area contributed by atoms with Gasteiger partial charge in [-0.3, -0.25) is 19.6 Å². The van der Waals surface area contributed by atoms with E-state index in [0.717, 1.165) is 12.8 Å². The Morgan fingerprint density at radius 2 is 2.03 bits per heavy atom. The monoisotopic (exact) mass is 510 g/mol. The maximum Gasteiger partial charge on any atom is 0.283 e. The highest BCUT2D eigenvalue weighted by Crippen LogP contribution is 2.45. The molecular weight excluding hydrogens is 493 g/mol. The number of nitrogens with one attached hydrogen (secondary N) is 1. The number of halogens is 4. The van der Waals surface area contributed by atoms with Gasteiger partial charge in [-0.05, 0) is 43.5 Å².